The Morgan fingerprint density at radius 1 is 1.07 bits per heavy atom. The van der Waals surface area contributed by atoms with Gasteiger partial charge in [-0.2, -0.15) is 0 Å². The third-order valence-electron chi connectivity index (χ3n) is 9.01. The van der Waals surface area contributed by atoms with Crippen LogP contribution in [0.1, 0.15) is 55.7 Å². The molecule has 1 saturated carbocycles. The molecule has 3 aromatic rings. The van der Waals surface area contributed by atoms with E-state index in [9.17, 15) is 19.8 Å². The molecule has 8 heteroatoms. The Morgan fingerprint density at radius 3 is 2.66 bits per heavy atom. The van der Waals surface area contributed by atoms with E-state index >= 15 is 0 Å². The summed E-state index contributed by atoms with van der Waals surface area (Å²) in [4.78, 5) is 32.5. The van der Waals surface area contributed by atoms with Crippen LogP contribution in [0.4, 0.5) is 0 Å². The molecule has 2 aliphatic carbocycles. The molecule has 0 bridgehead atoms. The van der Waals surface area contributed by atoms with E-state index in [0.29, 0.717) is 36.6 Å². The number of fused-ring (bicyclic) bond motifs is 4. The number of carbonyl (C=O) groups excluding carboxylic acids is 2. The van der Waals surface area contributed by atoms with Crippen molar-refractivity contribution in [3.8, 4) is 5.75 Å². The van der Waals surface area contributed by atoms with Gasteiger partial charge in [0.15, 0.2) is 0 Å². The van der Waals surface area contributed by atoms with Crippen molar-refractivity contribution in [3.05, 3.63) is 77.5 Å². The Kier molecular flexibility index (Phi) is 8.12. The number of aromatic amines is 1. The second kappa shape index (κ2) is 12.1. The van der Waals surface area contributed by atoms with Crippen molar-refractivity contribution >= 4 is 22.7 Å². The molecule has 8 nitrogen and oxygen atoms in total. The van der Waals surface area contributed by atoms with Crippen molar-refractivity contribution < 1.29 is 24.5 Å². The van der Waals surface area contributed by atoms with E-state index in [1.165, 1.54) is 25.7 Å². The average Bonchev–Trinajstić information content (AvgIpc) is 3.74. The molecule has 0 spiro atoms. The molecule has 4 atom stereocenters. The van der Waals surface area contributed by atoms with Crippen molar-refractivity contribution in [2.24, 2.45) is 5.92 Å². The summed E-state index contributed by atoms with van der Waals surface area (Å²) in [5.41, 5.74) is 3.36. The fraction of sp³-hybridized carbons (Fsp3) is 0.455. The van der Waals surface area contributed by atoms with Crippen molar-refractivity contribution in [1.82, 2.24) is 15.2 Å². The number of carbonyl (C=O) groups is 2. The normalized spacial score (nSPS) is 23.5. The van der Waals surface area contributed by atoms with Crippen molar-refractivity contribution in [2.45, 2.75) is 69.1 Å². The van der Waals surface area contributed by atoms with Gasteiger partial charge in [-0.15, -0.1) is 0 Å². The van der Waals surface area contributed by atoms with E-state index in [-0.39, 0.29) is 25.0 Å². The quantitative estimate of drug-likeness (QED) is 0.303. The summed E-state index contributed by atoms with van der Waals surface area (Å²) in [6.07, 6.45) is 6.67. The summed E-state index contributed by atoms with van der Waals surface area (Å²) >= 11 is 0. The lowest BCUT2D eigenvalue weighted by Crippen LogP contribution is -2.56. The third kappa shape index (κ3) is 5.63. The molecule has 1 fully saturated rings. The Hall–Kier alpha value is -3.62. The first kappa shape index (κ1) is 27.5. The molecule has 2 aromatic carbocycles. The summed E-state index contributed by atoms with van der Waals surface area (Å²) in [6.45, 7) is 0.334. The van der Waals surface area contributed by atoms with Gasteiger partial charge >= 0.3 is 0 Å². The summed E-state index contributed by atoms with van der Waals surface area (Å²) in [6, 6.07) is 17.0. The highest BCUT2D eigenvalue weighted by molar-refractivity contribution is 5.96. The van der Waals surface area contributed by atoms with Gasteiger partial charge in [-0.3, -0.25) is 9.59 Å². The van der Waals surface area contributed by atoms with Gasteiger partial charge in [0.2, 0.25) is 11.8 Å². The lowest BCUT2D eigenvalue weighted by Gasteiger charge is -2.41. The number of para-hydroxylation sites is 2. The van der Waals surface area contributed by atoms with Crippen molar-refractivity contribution in [3.63, 3.8) is 0 Å². The molecule has 1 aliphatic heterocycles. The van der Waals surface area contributed by atoms with Gasteiger partial charge in [-0.05, 0) is 42.0 Å². The maximum Gasteiger partial charge on any atom is 0.247 e. The maximum atomic E-state index is 13.9. The topological polar surface area (TPSA) is 115 Å². The summed E-state index contributed by atoms with van der Waals surface area (Å²) in [5.74, 6) is 0.413. The number of ether oxygens (including phenoxy) is 1. The lowest BCUT2D eigenvalue weighted by atomic mass is 9.77. The fourth-order valence-corrected chi connectivity index (χ4v) is 6.91. The number of amides is 2. The first-order valence-electron chi connectivity index (χ1n) is 14.9. The van der Waals surface area contributed by atoms with Crippen LogP contribution < -0.4 is 10.1 Å². The minimum Gasteiger partial charge on any atom is -0.486 e. The zero-order valence-corrected chi connectivity index (χ0v) is 23.3. The van der Waals surface area contributed by atoms with Gasteiger partial charge in [0.25, 0.3) is 0 Å². The lowest BCUT2D eigenvalue weighted by molar-refractivity contribution is -0.137. The number of benzene rings is 2. The van der Waals surface area contributed by atoms with Crippen LogP contribution in [0.25, 0.3) is 10.9 Å². The Bertz CT molecular complexity index is 1390. The van der Waals surface area contributed by atoms with Crippen LogP contribution in [0.2, 0.25) is 0 Å². The number of aliphatic hydroxyl groups is 2. The fourth-order valence-electron chi connectivity index (χ4n) is 6.91. The molecule has 0 radical (unpaired) electrons. The number of rotatable bonds is 10. The Labute approximate surface area is 240 Å². The molecule has 41 heavy (non-hydrogen) atoms. The molecule has 2 heterocycles. The highest BCUT2D eigenvalue weighted by atomic mass is 16.5. The van der Waals surface area contributed by atoms with Crippen LogP contribution in [-0.4, -0.2) is 69.9 Å². The van der Waals surface area contributed by atoms with E-state index in [0.717, 1.165) is 28.6 Å². The number of H-pyrrole nitrogens is 1. The van der Waals surface area contributed by atoms with Crippen molar-refractivity contribution in [1.29, 1.82) is 0 Å². The zero-order valence-electron chi connectivity index (χ0n) is 23.3. The number of nitrogens with one attached hydrogen (secondary N) is 2. The third-order valence-corrected chi connectivity index (χ3v) is 9.01. The zero-order chi connectivity index (χ0) is 28.3. The molecule has 2 amide bonds. The van der Waals surface area contributed by atoms with Gasteiger partial charge in [0.1, 0.15) is 18.0 Å². The molecule has 1 aromatic heterocycles. The van der Waals surface area contributed by atoms with Crippen LogP contribution in [0.5, 0.6) is 5.75 Å². The van der Waals surface area contributed by atoms with Gasteiger partial charge < -0.3 is 30.2 Å². The van der Waals surface area contributed by atoms with E-state index < -0.39 is 24.2 Å². The van der Waals surface area contributed by atoms with E-state index in [1.807, 2.05) is 42.5 Å². The molecule has 3 aliphatic rings. The van der Waals surface area contributed by atoms with Gasteiger partial charge in [0.05, 0.1) is 18.6 Å². The molecule has 216 valence electrons. The van der Waals surface area contributed by atoms with Gasteiger partial charge in [-0.1, -0.05) is 62.1 Å². The van der Waals surface area contributed by atoms with E-state index in [2.05, 4.69) is 22.4 Å². The number of hydrogen-bond acceptors (Lipinski definition) is 5. The SMILES string of the molecule is O=C(NCCO)C1=CC(N(CCc2cc3ccccc3[nH]2)C(=O)CCC2CCCC2)C(O)C2Oc3ccccc3C12. The number of aliphatic hydroxyl groups excluding tert-OH is 2. The van der Waals surface area contributed by atoms with Crippen LogP contribution in [0.3, 0.4) is 0 Å². The molecular formula is C33H39N3O5. The molecule has 0 saturated heterocycles. The van der Waals surface area contributed by atoms with Crippen molar-refractivity contribution in [2.75, 3.05) is 19.7 Å². The largest absolute Gasteiger partial charge is 0.486 e. The average molecular weight is 558 g/mol. The van der Waals surface area contributed by atoms with E-state index in [1.54, 1.807) is 11.0 Å². The van der Waals surface area contributed by atoms with Gasteiger partial charge in [0, 0.05) is 48.3 Å². The van der Waals surface area contributed by atoms with Crippen LogP contribution in [0, 0.1) is 5.92 Å². The summed E-state index contributed by atoms with van der Waals surface area (Å²) in [7, 11) is 0. The van der Waals surface area contributed by atoms with Crippen LogP contribution in [0.15, 0.2) is 66.2 Å². The van der Waals surface area contributed by atoms with Crippen LogP contribution in [-0.2, 0) is 16.0 Å². The van der Waals surface area contributed by atoms with Crippen LogP contribution >= 0.6 is 0 Å². The standard InChI is InChI=1S/C33H39N3O5/c37-18-16-34-33(40)25-20-27(31(39)32-30(25)24-10-4-6-12-28(24)41-32)36(29(38)14-13-21-7-1-2-8-21)17-15-23-19-22-9-3-5-11-26(22)35-23/h3-6,9-12,19-21,27,30-32,35,37,39H,1-2,7-8,13-18H2,(H,34,40). The number of aromatic nitrogens is 1. The molecular weight excluding hydrogens is 518 g/mol. The highest BCUT2D eigenvalue weighted by Gasteiger charge is 2.50. The predicted molar refractivity (Wildman–Crippen MR) is 156 cm³/mol. The second-order valence-electron chi connectivity index (χ2n) is 11.6. The summed E-state index contributed by atoms with van der Waals surface area (Å²) in [5, 5.41) is 25.0. The first-order chi connectivity index (χ1) is 20.0. The Morgan fingerprint density at radius 2 is 1.85 bits per heavy atom. The second-order valence-corrected chi connectivity index (χ2v) is 11.6. The Balaban J connectivity index is 1.31. The molecule has 4 unspecified atom stereocenters. The molecule has 4 N–H and O–H groups in total. The molecule has 6 rings (SSSR count). The first-order valence-corrected chi connectivity index (χ1v) is 14.9. The highest BCUT2D eigenvalue weighted by Crippen LogP contribution is 2.47. The number of nitrogens with zero attached hydrogens (tertiary/aromatic N) is 1. The maximum absolute atomic E-state index is 13.9. The monoisotopic (exact) mass is 557 g/mol. The van der Waals surface area contributed by atoms with E-state index in [4.69, 9.17) is 4.74 Å². The minimum absolute atomic E-state index is 0.0163. The minimum atomic E-state index is -1.01. The summed E-state index contributed by atoms with van der Waals surface area (Å²) < 4.78 is 6.25. The number of hydrogen-bond donors (Lipinski definition) is 4. The predicted octanol–water partition coefficient (Wildman–Crippen LogP) is 3.83. The van der Waals surface area contributed by atoms with Gasteiger partial charge in [-0.25, -0.2) is 0 Å². The smallest absolute Gasteiger partial charge is 0.247 e.